The van der Waals surface area contributed by atoms with Gasteiger partial charge < -0.3 is 0 Å². The highest BCUT2D eigenvalue weighted by Crippen LogP contribution is 2.31. The molecule has 0 atom stereocenters. The quantitative estimate of drug-likeness (QED) is 0.756. The first-order valence-electron chi connectivity index (χ1n) is 4.57. The fourth-order valence-electron chi connectivity index (χ4n) is 1.39. The van der Waals surface area contributed by atoms with Gasteiger partial charge in [0, 0.05) is 0 Å². The molecule has 0 saturated carbocycles. The third-order valence-corrected chi connectivity index (χ3v) is 2.08. The molecule has 4 nitrogen and oxygen atoms in total. The molecule has 1 heterocycles. The standard InChI is InChI=1S/C10H6F3N3O/c11-10(12,13)9-8(6-17)14-15-16(9)7-4-2-1-3-5-7/h1-6H. The number of hydrogen-bond donors (Lipinski definition) is 0. The fourth-order valence-corrected chi connectivity index (χ4v) is 1.39. The zero-order chi connectivity index (χ0) is 12.5. The van der Waals surface area contributed by atoms with Crippen LogP contribution in [0.5, 0.6) is 0 Å². The Bertz CT molecular complexity index is 533. The lowest BCUT2D eigenvalue weighted by molar-refractivity contribution is -0.143. The summed E-state index contributed by atoms with van der Waals surface area (Å²) in [6.45, 7) is 0. The van der Waals surface area contributed by atoms with Crippen LogP contribution in [0.1, 0.15) is 16.2 Å². The molecule has 2 rings (SSSR count). The number of carbonyl (C=O) groups is 1. The third-order valence-electron chi connectivity index (χ3n) is 2.08. The minimum atomic E-state index is -4.68. The summed E-state index contributed by atoms with van der Waals surface area (Å²) >= 11 is 0. The van der Waals surface area contributed by atoms with Gasteiger partial charge in [-0.15, -0.1) is 5.10 Å². The lowest BCUT2D eigenvalue weighted by atomic mass is 10.3. The van der Waals surface area contributed by atoms with Crippen LogP contribution in [-0.4, -0.2) is 21.3 Å². The van der Waals surface area contributed by atoms with E-state index in [-0.39, 0.29) is 12.0 Å². The highest BCUT2D eigenvalue weighted by molar-refractivity contribution is 5.73. The molecule has 0 unspecified atom stereocenters. The molecule has 0 aliphatic carbocycles. The summed E-state index contributed by atoms with van der Waals surface area (Å²) in [4.78, 5) is 10.5. The maximum atomic E-state index is 12.8. The van der Waals surface area contributed by atoms with Crippen LogP contribution in [0.15, 0.2) is 30.3 Å². The van der Waals surface area contributed by atoms with E-state index < -0.39 is 17.6 Å². The summed E-state index contributed by atoms with van der Waals surface area (Å²) in [5.74, 6) is 0. The molecule has 0 radical (unpaired) electrons. The van der Waals surface area contributed by atoms with Crippen LogP contribution in [0.3, 0.4) is 0 Å². The number of carbonyl (C=O) groups excluding carboxylic acids is 1. The highest BCUT2D eigenvalue weighted by atomic mass is 19.4. The van der Waals surface area contributed by atoms with Crippen LogP contribution in [0.2, 0.25) is 0 Å². The molecule has 0 N–H and O–H groups in total. The molecule has 17 heavy (non-hydrogen) atoms. The third kappa shape index (κ3) is 2.03. The summed E-state index contributed by atoms with van der Waals surface area (Å²) < 4.78 is 38.9. The van der Waals surface area contributed by atoms with E-state index in [1.165, 1.54) is 12.1 Å². The van der Waals surface area contributed by atoms with E-state index in [1.54, 1.807) is 18.2 Å². The number of benzene rings is 1. The van der Waals surface area contributed by atoms with Crippen LogP contribution in [0, 0.1) is 0 Å². The second-order valence-electron chi connectivity index (χ2n) is 3.19. The van der Waals surface area contributed by atoms with E-state index in [0.29, 0.717) is 4.68 Å². The molecule has 2 aromatic rings. The van der Waals surface area contributed by atoms with Crippen molar-refractivity contribution in [2.24, 2.45) is 0 Å². The summed E-state index contributed by atoms with van der Waals surface area (Å²) in [5, 5.41) is 6.54. The Labute approximate surface area is 93.7 Å². The van der Waals surface area contributed by atoms with E-state index in [0.717, 1.165) is 0 Å². The van der Waals surface area contributed by atoms with Crippen LogP contribution < -0.4 is 0 Å². The van der Waals surface area contributed by atoms with E-state index >= 15 is 0 Å². The zero-order valence-corrected chi connectivity index (χ0v) is 8.35. The van der Waals surface area contributed by atoms with Gasteiger partial charge >= 0.3 is 6.18 Å². The van der Waals surface area contributed by atoms with Crippen LogP contribution in [0.25, 0.3) is 5.69 Å². The van der Waals surface area contributed by atoms with Gasteiger partial charge in [0.2, 0.25) is 0 Å². The van der Waals surface area contributed by atoms with Crippen molar-refractivity contribution < 1.29 is 18.0 Å². The molecule has 0 saturated heterocycles. The van der Waals surface area contributed by atoms with E-state index in [9.17, 15) is 18.0 Å². The van der Waals surface area contributed by atoms with E-state index in [4.69, 9.17) is 0 Å². The molecular formula is C10H6F3N3O. The van der Waals surface area contributed by atoms with Crippen molar-refractivity contribution in [3.8, 4) is 5.69 Å². The lowest BCUT2D eigenvalue weighted by Gasteiger charge is -2.09. The molecule has 0 aliphatic heterocycles. The average Bonchev–Trinajstić information content (AvgIpc) is 2.73. The Morgan fingerprint density at radius 2 is 1.82 bits per heavy atom. The Morgan fingerprint density at radius 1 is 1.18 bits per heavy atom. The number of aromatic nitrogens is 3. The van der Waals surface area contributed by atoms with Crippen LogP contribution in [-0.2, 0) is 6.18 Å². The fraction of sp³-hybridized carbons (Fsp3) is 0.100. The molecule has 7 heteroatoms. The minimum absolute atomic E-state index is 0.0370. The first-order chi connectivity index (χ1) is 8.04. The Morgan fingerprint density at radius 3 is 2.35 bits per heavy atom. The molecule has 0 amide bonds. The van der Waals surface area contributed by atoms with Crippen molar-refractivity contribution in [3.05, 3.63) is 41.7 Å². The Hall–Kier alpha value is -2.18. The summed E-state index contributed by atoms with van der Waals surface area (Å²) in [6, 6.07) is 7.68. The number of alkyl halides is 3. The predicted molar refractivity (Wildman–Crippen MR) is 51.7 cm³/mol. The smallest absolute Gasteiger partial charge is 0.296 e. The number of aldehydes is 1. The van der Waals surface area contributed by atoms with Gasteiger partial charge in [-0.2, -0.15) is 13.2 Å². The monoisotopic (exact) mass is 241 g/mol. The van der Waals surface area contributed by atoms with Crippen molar-refractivity contribution in [3.63, 3.8) is 0 Å². The normalized spacial score (nSPS) is 11.5. The van der Waals surface area contributed by atoms with Crippen molar-refractivity contribution in [2.45, 2.75) is 6.18 Å². The second-order valence-corrected chi connectivity index (χ2v) is 3.19. The molecule has 0 spiro atoms. The molecule has 0 aliphatic rings. The first kappa shape index (κ1) is 11.3. The van der Waals surface area contributed by atoms with Gasteiger partial charge in [0.15, 0.2) is 17.7 Å². The Balaban J connectivity index is 2.64. The second kappa shape index (κ2) is 4.00. The average molecular weight is 241 g/mol. The molecular weight excluding hydrogens is 235 g/mol. The summed E-state index contributed by atoms with van der Waals surface area (Å²) in [7, 11) is 0. The zero-order valence-electron chi connectivity index (χ0n) is 8.35. The molecule has 0 bridgehead atoms. The van der Waals surface area contributed by atoms with E-state index in [1.807, 2.05) is 0 Å². The van der Waals surface area contributed by atoms with Gasteiger partial charge in [-0.1, -0.05) is 23.4 Å². The van der Waals surface area contributed by atoms with Gasteiger partial charge in [-0.3, -0.25) is 4.79 Å². The van der Waals surface area contributed by atoms with Gasteiger partial charge in [0.1, 0.15) is 0 Å². The largest absolute Gasteiger partial charge is 0.435 e. The van der Waals surface area contributed by atoms with Crippen molar-refractivity contribution in [1.82, 2.24) is 15.0 Å². The van der Waals surface area contributed by atoms with Crippen molar-refractivity contribution >= 4 is 6.29 Å². The van der Waals surface area contributed by atoms with Gasteiger partial charge in [0.05, 0.1) is 5.69 Å². The number of halogens is 3. The number of para-hydroxylation sites is 1. The highest BCUT2D eigenvalue weighted by Gasteiger charge is 2.39. The summed E-state index contributed by atoms with van der Waals surface area (Å²) in [5.41, 5.74) is -1.69. The Kier molecular flexibility index (Phi) is 2.66. The van der Waals surface area contributed by atoms with Gasteiger partial charge in [0.25, 0.3) is 0 Å². The maximum absolute atomic E-state index is 12.8. The maximum Gasteiger partial charge on any atom is 0.435 e. The number of hydrogen-bond acceptors (Lipinski definition) is 3. The molecule has 1 aromatic heterocycles. The molecule has 0 fully saturated rings. The van der Waals surface area contributed by atoms with E-state index in [2.05, 4.69) is 10.3 Å². The van der Waals surface area contributed by atoms with Crippen molar-refractivity contribution in [2.75, 3.05) is 0 Å². The molecule has 1 aromatic carbocycles. The van der Waals surface area contributed by atoms with Gasteiger partial charge in [-0.05, 0) is 12.1 Å². The number of nitrogens with zero attached hydrogens (tertiary/aromatic N) is 3. The predicted octanol–water partition coefficient (Wildman–Crippen LogP) is 2.10. The SMILES string of the molecule is O=Cc1nnn(-c2ccccc2)c1C(F)(F)F. The minimum Gasteiger partial charge on any atom is -0.296 e. The first-order valence-corrected chi connectivity index (χ1v) is 4.57. The topological polar surface area (TPSA) is 47.8 Å². The lowest BCUT2D eigenvalue weighted by Crippen LogP contribution is -2.15. The van der Waals surface area contributed by atoms with Crippen molar-refractivity contribution in [1.29, 1.82) is 0 Å². The molecule has 88 valence electrons. The van der Waals surface area contributed by atoms with Crippen LogP contribution >= 0.6 is 0 Å². The van der Waals surface area contributed by atoms with Gasteiger partial charge in [-0.25, -0.2) is 4.68 Å². The summed E-state index contributed by atoms with van der Waals surface area (Å²) in [6.07, 6.45) is -4.65. The van der Waals surface area contributed by atoms with Crippen LogP contribution in [0.4, 0.5) is 13.2 Å². The number of rotatable bonds is 2.